The molecule has 0 bridgehead atoms. The van der Waals surface area contributed by atoms with Crippen LogP contribution >= 0.6 is 23.2 Å². The van der Waals surface area contributed by atoms with Gasteiger partial charge in [-0.1, -0.05) is 72.6 Å². The summed E-state index contributed by atoms with van der Waals surface area (Å²) in [7, 11) is -2.44. The van der Waals surface area contributed by atoms with Crippen LogP contribution in [0.5, 0.6) is 5.75 Å². The molecule has 40 heavy (non-hydrogen) atoms. The van der Waals surface area contributed by atoms with E-state index in [0.29, 0.717) is 34.3 Å². The summed E-state index contributed by atoms with van der Waals surface area (Å²) in [5.74, 6) is -0.537. The monoisotopic (exact) mass is 605 g/mol. The normalized spacial score (nSPS) is 11.9. The van der Waals surface area contributed by atoms with Gasteiger partial charge in [0.05, 0.1) is 19.1 Å². The quantitative estimate of drug-likeness (QED) is 0.298. The third-order valence-corrected chi connectivity index (χ3v) is 8.08. The van der Waals surface area contributed by atoms with Crippen LogP contribution in [0.3, 0.4) is 0 Å². The van der Waals surface area contributed by atoms with Gasteiger partial charge in [0, 0.05) is 41.2 Å². The van der Waals surface area contributed by atoms with Crippen LogP contribution < -0.4 is 14.4 Å². The Hall–Kier alpha value is -3.27. The average Bonchev–Trinajstić information content (AvgIpc) is 2.93. The van der Waals surface area contributed by atoms with Gasteiger partial charge in [-0.2, -0.15) is 0 Å². The van der Waals surface area contributed by atoms with E-state index in [1.807, 2.05) is 37.3 Å². The topological polar surface area (TPSA) is 96.0 Å². The number of carbonyl (C=O) groups is 2. The van der Waals surface area contributed by atoms with Gasteiger partial charge in [-0.3, -0.25) is 13.9 Å². The Morgan fingerprint density at radius 2 is 1.62 bits per heavy atom. The molecule has 3 aromatic rings. The molecular weight excluding hydrogens is 573 g/mol. The van der Waals surface area contributed by atoms with Gasteiger partial charge in [-0.05, 0) is 36.2 Å². The molecule has 0 radical (unpaired) electrons. The Balaban J connectivity index is 2.09. The second-order valence-electron chi connectivity index (χ2n) is 9.19. The first-order chi connectivity index (χ1) is 19.0. The Kier molecular flexibility index (Phi) is 11.2. The SMILES string of the molecule is CCCNC(=O)C(Cc1ccccc1)N(Cc1c(Cl)cccc1Cl)C(=O)CN(c1cccc(OC)c1)S(C)(=O)=O. The number of halogens is 2. The van der Waals surface area contributed by atoms with Gasteiger partial charge >= 0.3 is 0 Å². The van der Waals surface area contributed by atoms with Crippen LogP contribution in [0, 0.1) is 0 Å². The van der Waals surface area contributed by atoms with Gasteiger partial charge in [0.15, 0.2) is 0 Å². The number of sulfonamides is 1. The molecule has 0 aliphatic heterocycles. The van der Waals surface area contributed by atoms with Crippen LogP contribution in [0.25, 0.3) is 0 Å². The summed E-state index contributed by atoms with van der Waals surface area (Å²) < 4.78 is 32.0. The lowest BCUT2D eigenvalue weighted by atomic mass is 10.0. The summed E-state index contributed by atoms with van der Waals surface area (Å²) in [5, 5.41) is 3.54. The molecule has 1 atom stereocenters. The zero-order valence-corrected chi connectivity index (χ0v) is 25.0. The Labute approximate surface area is 245 Å². The van der Waals surface area contributed by atoms with Crippen molar-refractivity contribution in [2.24, 2.45) is 0 Å². The van der Waals surface area contributed by atoms with E-state index in [2.05, 4.69) is 5.32 Å². The van der Waals surface area contributed by atoms with E-state index in [-0.39, 0.29) is 24.6 Å². The van der Waals surface area contributed by atoms with E-state index < -0.39 is 28.5 Å². The fourth-order valence-corrected chi connectivity index (χ4v) is 5.51. The van der Waals surface area contributed by atoms with E-state index in [0.717, 1.165) is 16.1 Å². The van der Waals surface area contributed by atoms with E-state index >= 15 is 0 Å². The van der Waals surface area contributed by atoms with E-state index in [1.165, 1.54) is 18.1 Å². The molecule has 214 valence electrons. The smallest absolute Gasteiger partial charge is 0.244 e. The van der Waals surface area contributed by atoms with Crippen molar-refractivity contribution in [3.63, 3.8) is 0 Å². The molecule has 0 heterocycles. The number of amides is 2. The van der Waals surface area contributed by atoms with E-state index in [4.69, 9.17) is 27.9 Å². The second-order valence-corrected chi connectivity index (χ2v) is 11.9. The number of benzene rings is 3. The van der Waals surface area contributed by atoms with Crippen molar-refractivity contribution in [3.8, 4) is 5.75 Å². The third kappa shape index (κ3) is 8.36. The number of methoxy groups -OCH3 is 1. The Bertz CT molecular complexity index is 1400. The first-order valence-electron chi connectivity index (χ1n) is 12.7. The molecule has 8 nitrogen and oxygen atoms in total. The zero-order valence-electron chi connectivity index (χ0n) is 22.6. The highest BCUT2D eigenvalue weighted by Gasteiger charge is 2.33. The largest absolute Gasteiger partial charge is 0.497 e. The van der Waals surface area contributed by atoms with Gasteiger partial charge in [-0.25, -0.2) is 8.42 Å². The molecule has 0 fully saturated rings. The first-order valence-corrected chi connectivity index (χ1v) is 15.3. The number of nitrogens with zero attached hydrogens (tertiary/aromatic N) is 2. The summed E-state index contributed by atoms with van der Waals surface area (Å²) in [5.41, 5.74) is 1.53. The standard InChI is InChI=1S/C29H33Cl2N3O5S/c1-4-16-32-29(36)27(17-21-10-6-5-7-11-21)33(19-24-25(30)14-9-15-26(24)31)28(35)20-34(40(3,37)38)22-12-8-13-23(18-22)39-2/h5-15,18,27H,4,16-17,19-20H2,1-3H3,(H,32,36). The number of hydrogen-bond donors (Lipinski definition) is 1. The number of hydrogen-bond acceptors (Lipinski definition) is 5. The molecular formula is C29H33Cl2N3O5S. The highest BCUT2D eigenvalue weighted by molar-refractivity contribution is 7.92. The number of rotatable bonds is 13. The van der Waals surface area contributed by atoms with Crippen molar-refractivity contribution < 1.29 is 22.7 Å². The van der Waals surface area contributed by atoms with Crippen LogP contribution in [-0.2, 0) is 32.6 Å². The lowest BCUT2D eigenvalue weighted by Gasteiger charge is -2.34. The molecule has 3 aromatic carbocycles. The van der Waals surface area contributed by atoms with E-state index in [9.17, 15) is 18.0 Å². The predicted octanol–water partition coefficient (Wildman–Crippen LogP) is 4.93. The Morgan fingerprint density at radius 3 is 2.23 bits per heavy atom. The number of ether oxygens (including phenoxy) is 1. The average molecular weight is 607 g/mol. The van der Waals surface area contributed by atoms with Crippen molar-refractivity contribution >= 4 is 50.7 Å². The first kappa shape index (κ1) is 31.3. The molecule has 0 aliphatic rings. The fourth-order valence-electron chi connectivity index (χ4n) is 4.15. The van der Waals surface area contributed by atoms with Gasteiger partial charge in [0.25, 0.3) is 0 Å². The molecule has 0 spiro atoms. The summed E-state index contributed by atoms with van der Waals surface area (Å²) in [6.07, 6.45) is 1.92. The number of carbonyl (C=O) groups excluding carboxylic acids is 2. The maximum absolute atomic E-state index is 14.1. The van der Waals surface area contributed by atoms with Gasteiger partial charge in [-0.15, -0.1) is 0 Å². The van der Waals surface area contributed by atoms with Crippen LogP contribution in [0.2, 0.25) is 10.0 Å². The summed E-state index contributed by atoms with van der Waals surface area (Å²) in [6, 6.07) is 19.7. The Morgan fingerprint density at radius 1 is 0.975 bits per heavy atom. The van der Waals surface area contributed by atoms with Crippen molar-refractivity contribution in [3.05, 3.63) is 94.0 Å². The molecule has 3 rings (SSSR count). The lowest BCUT2D eigenvalue weighted by Crippen LogP contribution is -2.53. The minimum Gasteiger partial charge on any atom is -0.497 e. The minimum absolute atomic E-state index is 0.107. The van der Waals surface area contributed by atoms with Crippen molar-refractivity contribution in [2.45, 2.75) is 32.4 Å². The van der Waals surface area contributed by atoms with Crippen molar-refractivity contribution in [2.75, 3.05) is 30.8 Å². The molecule has 1 unspecified atom stereocenters. The summed E-state index contributed by atoms with van der Waals surface area (Å²) >= 11 is 12.9. The fraction of sp³-hybridized carbons (Fsp3) is 0.310. The molecule has 0 aliphatic carbocycles. The van der Waals surface area contributed by atoms with Crippen molar-refractivity contribution in [1.29, 1.82) is 0 Å². The maximum Gasteiger partial charge on any atom is 0.244 e. The molecule has 2 amide bonds. The highest BCUT2D eigenvalue weighted by atomic mass is 35.5. The van der Waals surface area contributed by atoms with Crippen LogP contribution in [0.15, 0.2) is 72.8 Å². The maximum atomic E-state index is 14.1. The summed E-state index contributed by atoms with van der Waals surface area (Å²) in [4.78, 5) is 29.0. The molecule has 0 aromatic heterocycles. The third-order valence-electron chi connectivity index (χ3n) is 6.23. The second kappa shape index (κ2) is 14.4. The van der Waals surface area contributed by atoms with Crippen LogP contribution in [0.1, 0.15) is 24.5 Å². The number of nitrogens with one attached hydrogen (secondary N) is 1. The summed E-state index contributed by atoms with van der Waals surface area (Å²) in [6.45, 7) is 1.68. The van der Waals surface area contributed by atoms with Gasteiger partial charge < -0.3 is 15.0 Å². The van der Waals surface area contributed by atoms with Gasteiger partial charge in [0.2, 0.25) is 21.8 Å². The molecule has 11 heteroatoms. The zero-order chi connectivity index (χ0) is 29.3. The molecule has 0 saturated heterocycles. The van der Waals surface area contributed by atoms with Crippen LogP contribution in [-0.4, -0.2) is 57.6 Å². The van der Waals surface area contributed by atoms with Gasteiger partial charge in [0.1, 0.15) is 18.3 Å². The predicted molar refractivity (Wildman–Crippen MR) is 159 cm³/mol. The highest BCUT2D eigenvalue weighted by Crippen LogP contribution is 2.28. The lowest BCUT2D eigenvalue weighted by molar-refractivity contribution is -0.140. The molecule has 1 N–H and O–H groups in total. The molecule has 0 saturated carbocycles. The van der Waals surface area contributed by atoms with Crippen LogP contribution in [0.4, 0.5) is 5.69 Å². The van der Waals surface area contributed by atoms with E-state index in [1.54, 1.807) is 36.4 Å². The number of anilines is 1. The van der Waals surface area contributed by atoms with Crippen molar-refractivity contribution in [1.82, 2.24) is 10.2 Å². The minimum atomic E-state index is -3.90.